The van der Waals surface area contributed by atoms with Crippen molar-refractivity contribution in [3.63, 3.8) is 0 Å². The molecule has 3 rings (SSSR count). The zero-order valence-electron chi connectivity index (χ0n) is 12.8. The van der Waals surface area contributed by atoms with Crippen LogP contribution in [-0.2, 0) is 6.42 Å². The molecule has 0 N–H and O–H groups in total. The van der Waals surface area contributed by atoms with Crippen molar-refractivity contribution in [3.8, 4) is 17.2 Å². The minimum Gasteiger partial charge on any atom is -0.496 e. The Labute approximate surface area is 132 Å². The summed E-state index contributed by atoms with van der Waals surface area (Å²) in [6.07, 6.45) is 1.97. The van der Waals surface area contributed by atoms with Gasteiger partial charge in [-0.15, -0.1) is 0 Å². The average molecular weight is 314 g/mol. The summed E-state index contributed by atoms with van der Waals surface area (Å²) in [5.74, 6) is 0.719. The van der Waals surface area contributed by atoms with E-state index in [2.05, 4.69) is 0 Å². The Morgan fingerprint density at radius 2 is 1.87 bits per heavy atom. The second-order valence-electron chi connectivity index (χ2n) is 5.00. The first-order valence-corrected chi connectivity index (χ1v) is 7.18. The molecule has 0 amide bonds. The molecule has 4 nitrogen and oxygen atoms in total. The van der Waals surface area contributed by atoms with Crippen LogP contribution >= 0.6 is 0 Å². The van der Waals surface area contributed by atoms with Gasteiger partial charge in [0.25, 0.3) is 0 Å². The van der Waals surface area contributed by atoms with Crippen LogP contribution in [0.15, 0.2) is 51.9 Å². The van der Waals surface area contributed by atoms with Crippen LogP contribution in [0.25, 0.3) is 11.0 Å². The Bertz CT molecular complexity index is 897. The first kappa shape index (κ1) is 15.1. The fourth-order valence-corrected chi connectivity index (χ4v) is 2.35. The van der Waals surface area contributed by atoms with Gasteiger partial charge >= 0.3 is 0 Å². The summed E-state index contributed by atoms with van der Waals surface area (Å²) >= 11 is 0. The molecule has 2 aromatic carbocycles. The molecular weight excluding hydrogens is 299 g/mol. The van der Waals surface area contributed by atoms with Crippen LogP contribution in [0.2, 0.25) is 0 Å². The summed E-state index contributed by atoms with van der Waals surface area (Å²) in [7, 11) is 1.57. The third kappa shape index (κ3) is 2.90. The SMILES string of the molecule is CCc1cc2c(=O)c(Oc3ccc(F)cc3)coc2cc1OC. The molecule has 0 aliphatic rings. The van der Waals surface area contributed by atoms with Gasteiger partial charge in [0.15, 0.2) is 0 Å². The van der Waals surface area contributed by atoms with Crippen molar-refractivity contribution in [1.29, 1.82) is 0 Å². The van der Waals surface area contributed by atoms with Crippen LogP contribution in [0.1, 0.15) is 12.5 Å². The number of rotatable bonds is 4. The highest BCUT2D eigenvalue weighted by atomic mass is 19.1. The van der Waals surface area contributed by atoms with E-state index >= 15 is 0 Å². The van der Waals surface area contributed by atoms with E-state index in [1.807, 2.05) is 6.92 Å². The third-order valence-corrected chi connectivity index (χ3v) is 3.57. The molecule has 0 bridgehead atoms. The van der Waals surface area contributed by atoms with E-state index in [4.69, 9.17) is 13.9 Å². The Balaban J connectivity index is 2.07. The topological polar surface area (TPSA) is 48.7 Å². The van der Waals surface area contributed by atoms with Gasteiger partial charge in [-0.25, -0.2) is 4.39 Å². The predicted molar refractivity (Wildman–Crippen MR) is 84.9 cm³/mol. The monoisotopic (exact) mass is 314 g/mol. The summed E-state index contributed by atoms with van der Waals surface area (Å²) in [6.45, 7) is 1.98. The van der Waals surface area contributed by atoms with Gasteiger partial charge in [-0.1, -0.05) is 6.92 Å². The molecule has 0 saturated heterocycles. The molecule has 0 aliphatic carbocycles. The van der Waals surface area contributed by atoms with Crippen molar-refractivity contribution in [2.75, 3.05) is 7.11 Å². The standard InChI is InChI=1S/C18H15FO4/c1-3-11-8-14-16(9-15(11)21-2)22-10-17(18(14)20)23-13-6-4-12(19)5-7-13/h4-10H,3H2,1-2H3. The first-order chi connectivity index (χ1) is 11.1. The van der Waals surface area contributed by atoms with Gasteiger partial charge in [0.1, 0.15) is 29.2 Å². The van der Waals surface area contributed by atoms with E-state index in [9.17, 15) is 9.18 Å². The molecule has 0 aliphatic heterocycles. The van der Waals surface area contributed by atoms with Crippen LogP contribution in [0, 0.1) is 5.82 Å². The van der Waals surface area contributed by atoms with Crippen molar-refractivity contribution in [2.45, 2.75) is 13.3 Å². The van der Waals surface area contributed by atoms with E-state index in [1.54, 1.807) is 19.2 Å². The van der Waals surface area contributed by atoms with E-state index in [-0.39, 0.29) is 17.0 Å². The average Bonchev–Trinajstić information content (AvgIpc) is 2.58. The lowest BCUT2D eigenvalue weighted by Crippen LogP contribution is -2.06. The maximum absolute atomic E-state index is 12.9. The molecule has 23 heavy (non-hydrogen) atoms. The number of aryl methyl sites for hydroxylation is 1. The quantitative estimate of drug-likeness (QED) is 0.720. The summed E-state index contributed by atoms with van der Waals surface area (Å²) in [6, 6.07) is 8.86. The minimum atomic E-state index is -0.373. The Morgan fingerprint density at radius 3 is 2.52 bits per heavy atom. The lowest BCUT2D eigenvalue weighted by atomic mass is 10.1. The lowest BCUT2D eigenvalue weighted by molar-refractivity contribution is 0.409. The van der Waals surface area contributed by atoms with Crippen LogP contribution in [0.3, 0.4) is 0 Å². The fourth-order valence-electron chi connectivity index (χ4n) is 2.35. The maximum atomic E-state index is 12.9. The first-order valence-electron chi connectivity index (χ1n) is 7.18. The van der Waals surface area contributed by atoms with Crippen molar-refractivity contribution in [3.05, 3.63) is 64.3 Å². The van der Waals surface area contributed by atoms with Crippen LogP contribution in [-0.4, -0.2) is 7.11 Å². The number of halogens is 1. The number of methoxy groups -OCH3 is 1. The summed E-state index contributed by atoms with van der Waals surface area (Å²) in [5, 5.41) is 0.419. The van der Waals surface area contributed by atoms with Gasteiger partial charge in [-0.3, -0.25) is 4.79 Å². The Kier molecular flexibility index (Phi) is 4.02. The number of benzene rings is 2. The van der Waals surface area contributed by atoms with Crippen LogP contribution < -0.4 is 14.9 Å². The Hall–Kier alpha value is -2.82. The van der Waals surface area contributed by atoms with Crippen molar-refractivity contribution >= 4 is 11.0 Å². The molecule has 0 spiro atoms. The third-order valence-electron chi connectivity index (χ3n) is 3.57. The van der Waals surface area contributed by atoms with Gasteiger partial charge in [0.2, 0.25) is 11.2 Å². The van der Waals surface area contributed by atoms with Gasteiger partial charge in [0, 0.05) is 6.07 Å². The van der Waals surface area contributed by atoms with Gasteiger partial charge in [-0.2, -0.15) is 0 Å². The molecule has 5 heteroatoms. The second-order valence-corrected chi connectivity index (χ2v) is 5.00. The zero-order valence-corrected chi connectivity index (χ0v) is 12.8. The molecule has 0 saturated carbocycles. The Morgan fingerprint density at radius 1 is 1.13 bits per heavy atom. The number of ether oxygens (including phenoxy) is 2. The molecular formula is C18H15FO4. The fraction of sp³-hybridized carbons (Fsp3) is 0.167. The molecule has 0 fully saturated rings. The molecule has 1 heterocycles. The van der Waals surface area contributed by atoms with Crippen molar-refractivity contribution < 1.29 is 18.3 Å². The highest BCUT2D eigenvalue weighted by Crippen LogP contribution is 2.27. The predicted octanol–water partition coefficient (Wildman–Crippen LogP) is 4.30. The normalized spacial score (nSPS) is 10.7. The summed E-state index contributed by atoms with van der Waals surface area (Å²) in [5.41, 5.74) is 1.05. The molecule has 0 radical (unpaired) electrons. The molecule has 3 aromatic rings. The highest BCUT2D eigenvalue weighted by Gasteiger charge is 2.13. The maximum Gasteiger partial charge on any atom is 0.235 e. The van der Waals surface area contributed by atoms with Gasteiger partial charge < -0.3 is 13.9 Å². The van der Waals surface area contributed by atoms with Crippen LogP contribution in [0.4, 0.5) is 4.39 Å². The zero-order chi connectivity index (χ0) is 16.4. The largest absolute Gasteiger partial charge is 0.496 e. The summed E-state index contributed by atoms with van der Waals surface area (Å²) in [4.78, 5) is 12.6. The van der Waals surface area contributed by atoms with Gasteiger partial charge in [-0.05, 0) is 42.3 Å². The molecule has 118 valence electrons. The second kappa shape index (κ2) is 6.12. The van der Waals surface area contributed by atoms with E-state index in [1.165, 1.54) is 30.5 Å². The molecule has 0 unspecified atom stereocenters. The van der Waals surface area contributed by atoms with E-state index < -0.39 is 0 Å². The number of fused-ring (bicyclic) bond motifs is 1. The smallest absolute Gasteiger partial charge is 0.235 e. The molecule has 1 aromatic heterocycles. The highest BCUT2D eigenvalue weighted by molar-refractivity contribution is 5.80. The number of hydrogen-bond donors (Lipinski definition) is 0. The lowest BCUT2D eigenvalue weighted by Gasteiger charge is -2.09. The van der Waals surface area contributed by atoms with Crippen molar-refractivity contribution in [2.24, 2.45) is 0 Å². The summed E-state index contributed by atoms with van der Waals surface area (Å²) < 4.78 is 29.2. The van der Waals surface area contributed by atoms with Crippen LogP contribution in [0.5, 0.6) is 17.2 Å². The van der Waals surface area contributed by atoms with E-state index in [0.29, 0.717) is 22.5 Å². The molecule has 0 atom stereocenters. The van der Waals surface area contributed by atoms with Gasteiger partial charge in [0.05, 0.1) is 12.5 Å². The van der Waals surface area contributed by atoms with Crippen molar-refractivity contribution in [1.82, 2.24) is 0 Å². The van der Waals surface area contributed by atoms with E-state index in [0.717, 1.165) is 12.0 Å². The minimum absolute atomic E-state index is 0.0522. The number of hydrogen-bond acceptors (Lipinski definition) is 4.